The van der Waals surface area contributed by atoms with Crippen molar-refractivity contribution >= 4 is 17.5 Å². The minimum absolute atomic E-state index is 0.0865. The molecule has 0 heterocycles. The first-order valence-electron chi connectivity index (χ1n) is 6.43. The van der Waals surface area contributed by atoms with Gasteiger partial charge in [-0.15, -0.1) is 0 Å². The van der Waals surface area contributed by atoms with E-state index in [1.807, 2.05) is 0 Å². The average Bonchev–Trinajstić information content (AvgIpc) is 2.69. The van der Waals surface area contributed by atoms with E-state index in [2.05, 4.69) is 5.32 Å². The molecule has 1 aliphatic rings. The van der Waals surface area contributed by atoms with Gasteiger partial charge in [0, 0.05) is 6.92 Å². The maximum atomic E-state index is 14.0. The molecule has 3 N–H and O–H groups in total. The van der Waals surface area contributed by atoms with Gasteiger partial charge in [0.15, 0.2) is 5.60 Å². The first-order chi connectivity index (χ1) is 9.38. The fraction of sp³-hybridized carbons (Fsp3) is 0.429. The number of nitrogens with one attached hydrogen (secondary N) is 2. The molecule has 108 valence electrons. The number of ether oxygens (including phenoxy) is 1. The molecule has 2 rings (SSSR count). The summed E-state index contributed by atoms with van der Waals surface area (Å²) in [4.78, 5) is 11.0. The van der Waals surface area contributed by atoms with Gasteiger partial charge in [-0.1, -0.05) is 0 Å². The van der Waals surface area contributed by atoms with Gasteiger partial charge in [0.2, 0.25) is 11.8 Å². The number of hydrogen-bond acceptors (Lipinski definition) is 4. The van der Waals surface area contributed by atoms with Crippen LogP contribution in [-0.4, -0.2) is 23.5 Å². The molecule has 1 amide bonds. The number of fused-ring (bicyclic) bond motifs is 1. The fourth-order valence-electron chi connectivity index (χ4n) is 2.45. The van der Waals surface area contributed by atoms with E-state index in [1.165, 1.54) is 19.1 Å². The summed E-state index contributed by atoms with van der Waals surface area (Å²) in [5, 5.41) is 20.7. The molecule has 0 saturated heterocycles. The third-order valence-electron chi connectivity index (χ3n) is 3.37. The van der Waals surface area contributed by atoms with Crippen molar-refractivity contribution in [3.05, 3.63) is 29.1 Å². The number of hydrogen-bond donors (Lipinski definition) is 3. The number of aryl methyl sites for hydroxylation is 1. The molecule has 20 heavy (non-hydrogen) atoms. The second-order valence-corrected chi connectivity index (χ2v) is 4.79. The lowest BCUT2D eigenvalue weighted by Crippen LogP contribution is -2.34. The molecule has 6 heteroatoms. The Hall–Kier alpha value is -1.95. The summed E-state index contributed by atoms with van der Waals surface area (Å²) in [5.41, 5.74) is -0.450. The molecule has 0 bridgehead atoms. The van der Waals surface area contributed by atoms with Gasteiger partial charge in [-0.2, -0.15) is 0 Å². The van der Waals surface area contributed by atoms with Crippen molar-refractivity contribution in [2.75, 3.05) is 11.9 Å². The third-order valence-corrected chi connectivity index (χ3v) is 3.37. The van der Waals surface area contributed by atoms with Crippen LogP contribution in [0.2, 0.25) is 0 Å². The fourth-order valence-corrected chi connectivity index (χ4v) is 2.45. The molecule has 0 radical (unpaired) electrons. The highest BCUT2D eigenvalue weighted by Gasteiger charge is 2.43. The van der Waals surface area contributed by atoms with Crippen LogP contribution in [0.25, 0.3) is 0 Å². The van der Waals surface area contributed by atoms with Gasteiger partial charge >= 0.3 is 0 Å². The molecule has 1 aromatic carbocycles. The Balaban J connectivity index is 2.41. The van der Waals surface area contributed by atoms with E-state index in [-0.39, 0.29) is 30.5 Å². The average molecular weight is 280 g/mol. The van der Waals surface area contributed by atoms with Crippen molar-refractivity contribution in [1.82, 2.24) is 0 Å². The summed E-state index contributed by atoms with van der Waals surface area (Å²) in [7, 11) is 0. The van der Waals surface area contributed by atoms with Crippen molar-refractivity contribution < 1.29 is 19.0 Å². The van der Waals surface area contributed by atoms with E-state index < -0.39 is 11.4 Å². The number of carbonyl (C=O) groups excluding carboxylic acids is 1. The third kappa shape index (κ3) is 2.38. The van der Waals surface area contributed by atoms with E-state index in [0.717, 1.165) is 0 Å². The summed E-state index contributed by atoms with van der Waals surface area (Å²) in [5.74, 6) is -1.27. The van der Waals surface area contributed by atoms with Crippen molar-refractivity contribution in [1.29, 1.82) is 5.41 Å². The van der Waals surface area contributed by atoms with Crippen LogP contribution in [0.1, 0.15) is 31.4 Å². The van der Waals surface area contributed by atoms with Crippen LogP contribution in [0, 0.1) is 11.2 Å². The summed E-state index contributed by atoms with van der Waals surface area (Å²) in [6.07, 6.45) is 0.762. The van der Waals surface area contributed by atoms with Gasteiger partial charge in [0.25, 0.3) is 0 Å². The van der Waals surface area contributed by atoms with Crippen LogP contribution < -0.4 is 5.32 Å². The largest absolute Gasteiger partial charge is 0.479 e. The van der Waals surface area contributed by atoms with Crippen molar-refractivity contribution in [2.24, 2.45) is 0 Å². The zero-order chi connectivity index (χ0) is 14.9. The standard InChI is InChI=1S/C14H17FN2O3/c1-3-20-13(16)14(19)5-4-9-6-12(17-8(2)18)11(15)7-10(9)14/h6-7,16,19H,3-5H2,1-2H3,(H,17,18). The molecule has 1 atom stereocenters. The Morgan fingerprint density at radius 3 is 2.90 bits per heavy atom. The Labute approximate surface area is 116 Å². The van der Waals surface area contributed by atoms with Crippen LogP contribution in [0.3, 0.4) is 0 Å². The number of rotatable bonds is 3. The Kier molecular flexibility index (Phi) is 3.76. The number of anilines is 1. The Morgan fingerprint density at radius 1 is 1.60 bits per heavy atom. The molecule has 5 nitrogen and oxygen atoms in total. The molecular formula is C14H17FN2O3. The quantitative estimate of drug-likeness (QED) is 0.584. The predicted octanol–water partition coefficient (Wildman–Crippen LogP) is 1.93. The lowest BCUT2D eigenvalue weighted by Gasteiger charge is -2.24. The SMILES string of the molecule is CCOC(=N)C1(O)CCc2cc(NC(C)=O)c(F)cc21. The zero-order valence-electron chi connectivity index (χ0n) is 11.4. The van der Waals surface area contributed by atoms with Gasteiger partial charge in [0.1, 0.15) is 5.82 Å². The second kappa shape index (κ2) is 5.20. The molecule has 0 aliphatic heterocycles. The van der Waals surface area contributed by atoms with E-state index in [4.69, 9.17) is 10.1 Å². The maximum absolute atomic E-state index is 14.0. The van der Waals surface area contributed by atoms with Crippen LogP contribution >= 0.6 is 0 Å². The molecule has 1 aliphatic carbocycles. The Morgan fingerprint density at radius 2 is 2.30 bits per heavy atom. The number of halogens is 1. The lowest BCUT2D eigenvalue weighted by molar-refractivity contribution is -0.114. The highest BCUT2D eigenvalue weighted by molar-refractivity contribution is 5.90. The predicted molar refractivity (Wildman–Crippen MR) is 72.3 cm³/mol. The van der Waals surface area contributed by atoms with E-state index in [9.17, 15) is 14.3 Å². The normalized spacial score (nSPS) is 20.4. The second-order valence-electron chi connectivity index (χ2n) is 4.79. The number of aliphatic hydroxyl groups is 1. The molecule has 1 aromatic rings. The van der Waals surface area contributed by atoms with E-state index in [0.29, 0.717) is 17.5 Å². The topological polar surface area (TPSA) is 82.4 Å². The van der Waals surface area contributed by atoms with Crippen LogP contribution in [-0.2, 0) is 21.6 Å². The number of benzene rings is 1. The van der Waals surface area contributed by atoms with Gasteiger partial charge in [-0.3, -0.25) is 10.2 Å². The summed E-state index contributed by atoms with van der Waals surface area (Å²) >= 11 is 0. The van der Waals surface area contributed by atoms with E-state index in [1.54, 1.807) is 6.92 Å². The molecule has 0 spiro atoms. The van der Waals surface area contributed by atoms with Crippen molar-refractivity contribution in [3.63, 3.8) is 0 Å². The minimum Gasteiger partial charge on any atom is -0.479 e. The zero-order valence-corrected chi connectivity index (χ0v) is 11.4. The smallest absolute Gasteiger partial charge is 0.221 e. The van der Waals surface area contributed by atoms with Gasteiger partial charge in [-0.25, -0.2) is 4.39 Å². The maximum Gasteiger partial charge on any atom is 0.221 e. The minimum atomic E-state index is -1.58. The Bertz CT molecular complexity index is 574. The highest BCUT2D eigenvalue weighted by Crippen LogP contribution is 2.40. The molecule has 0 fully saturated rings. The van der Waals surface area contributed by atoms with Crippen LogP contribution in [0.15, 0.2) is 12.1 Å². The molecule has 0 aromatic heterocycles. The van der Waals surface area contributed by atoms with Gasteiger partial charge in [-0.05, 0) is 43.0 Å². The first kappa shape index (κ1) is 14.5. The first-order valence-corrected chi connectivity index (χ1v) is 6.43. The number of carbonyl (C=O) groups is 1. The van der Waals surface area contributed by atoms with Crippen molar-refractivity contribution in [2.45, 2.75) is 32.3 Å². The summed E-state index contributed by atoms with van der Waals surface area (Å²) in [6.45, 7) is 3.28. The van der Waals surface area contributed by atoms with Gasteiger partial charge < -0.3 is 15.2 Å². The van der Waals surface area contributed by atoms with Gasteiger partial charge in [0.05, 0.1) is 12.3 Å². The molecule has 0 saturated carbocycles. The summed E-state index contributed by atoms with van der Waals surface area (Å²) in [6, 6.07) is 2.67. The highest BCUT2D eigenvalue weighted by atomic mass is 19.1. The van der Waals surface area contributed by atoms with E-state index >= 15 is 0 Å². The van der Waals surface area contributed by atoms with Crippen LogP contribution in [0.5, 0.6) is 0 Å². The molecule has 1 unspecified atom stereocenters. The summed E-state index contributed by atoms with van der Waals surface area (Å²) < 4.78 is 19.0. The van der Waals surface area contributed by atoms with Crippen molar-refractivity contribution in [3.8, 4) is 0 Å². The van der Waals surface area contributed by atoms with Crippen LogP contribution in [0.4, 0.5) is 10.1 Å². The molecular weight excluding hydrogens is 263 g/mol. The number of amides is 1. The monoisotopic (exact) mass is 280 g/mol. The lowest BCUT2D eigenvalue weighted by atomic mass is 9.95.